The molecule has 0 spiro atoms. The summed E-state index contributed by atoms with van der Waals surface area (Å²) in [6, 6.07) is 0. The Morgan fingerprint density at radius 1 is 1.35 bits per heavy atom. The quantitative estimate of drug-likeness (QED) is 0.801. The minimum atomic E-state index is -0.229. The van der Waals surface area contributed by atoms with E-state index in [4.69, 9.17) is 0 Å². The fourth-order valence-corrected chi connectivity index (χ4v) is 2.58. The normalized spacial score (nSPS) is 23.4. The van der Waals surface area contributed by atoms with Crippen LogP contribution in [0.15, 0.2) is 33.9 Å². The van der Waals surface area contributed by atoms with Gasteiger partial charge in [-0.05, 0) is 18.9 Å². The maximum absolute atomic E-state index is 12.2. The van der Waals surface area contributed by atoms with Crippen LogP contribution in [0.1, 0.15) is 12.8 Å². The van der Waals surface area contributed by atoms with Crippen molar-refractivity contribution in [2.24, 2.45) is 15.9 Å². The number of dihydropyridines is 1. The predicted octanol–water partition coefficient (Wildman–Crippen LogP) is 0.278. The minimum Gasteiger partial charge on any atom is -0.343 e. The minimum absolute atomic E-state index is 0.0169. The van der Waals surface area contributed by atoms with E-state index in [0.717, 1.165) is 25.9 Å². The molecule has 6 nitrogen and oxygen atoms in total. The first-order chi connectivity index (χ1) is 9.75. The topological polar surface area (TPSA) is 74.1 Å². The summed E-state index contributed by atoms with van der Waals surface area (Å²) in [4.78, 5) is 34.0. The lowest BCUT2D eigenvalue weighted by atomic mass is 9.96. The third-order valence-electron chi connectivity index (χ3n) is 3.68. The molecule has 1 N–H and O–H groups in total. The van der Waals surface area contributed by atoms with E-state index in [2.05, 4.69) is 15.3 Å². The Hall–Kier alpha value is -2.24. The average Bonchev–Trinajstić information content (AvgIpc) is 3.13. The molecule has 0 aromatic rings. The first-order valence-electron chi connectivity index (χ1n) is 6.80. The molecule has 1 fully saturated rings. The van der Waals surface area contributed by atoms with Gasteiger partial charge in [-0.2, -0.15) is 0 Å². The highest BCUT2D eigenvalue weighted by atomic mass is 16.2. The maximum atomic E-state index is 12.2. The molecule has 3 heterocycles. The van der Waals surface area contributed by atoms with Crippen LogP contribution < -0.4 is 5.32 Å². The SMILES string of the molecule is O=C(NCC(=O)N1CCCC1)C1=CC=NC2=NC=CC12. The lowest BCUT2D eigenvalue weighted by Gasteiger charge is -2.18. The number of hydrogen-bond acceptors (Lipinski definition) is 4. The van der Waals surface area contributed by atoms with Crippen molar-refractivity contribution in [2.75, 3.05) is 19.6 Å². The van der Waals surface area contributed by atoms with Crippen LogP contribution in [0.4, 0.5) is 0 Å². The van der Waals surface area contributed by atoms with E-state index in [1.54, 1.807) is 23.4 Å². The van der Waals surface area contributed by atoms with Gasteiger partial charge in [-0.1, -0.05) is 6.08 Å². The Morgan fingerprint density at radius 3 is 2.95 bits per heavy atom. The zero-order valence-corrected chi connectivity index (χ0v) is 11.1. The molecular weight excluding hydrogens is 256 g/mol. The zero-order chi connectivity index (χ0) is 13.9. The number of likely N-dealkylation sites (tertiary alicyclic amines) is 1. The number of hydrogen-bond donors (Lipinski definition) is 1. The van der Waals surface area contributed by atoms with E-state index in [0.29, 0.717) is 11.4 Å². The monoisotopic (exact) mass is 272 g/mol. The first kappa shape index (κ1) is 12.8. The third-order valence-corrected chi connectivity index (χ3v) is 3.68. The van der Waals surface area contributed by atoms with Crippen molar-refractivity contribution in [1.82, 2.24) is 10.2 Å². The summed E-state index contributed by atoms with van der Waals surface area (Å²) in [6.45, 7) is 1.65. The van der Waals surface area contributed by atoms with Gasteiger partial charge >= 0.3 is 0 Å². The summed E-state index contributed by atoms with van der Waals surface area (Å²) in [7, 11) is 0. The standard InChI is InChI=1S/C14H16N4O2/c19-12(18-7-1-2-8-18)9-17-14(20)11-4-6-16-13-10(11)3-5-15-13/h3-6,10H,1-2,7-9H2,(H,17,20). The number of nitrogens with one attached hydrogen (secondary N) is 1. The van der Waals surface area contributed by atoms with Crippen molar-refractivity contribution in [3.05, 3.63) is 23.9 Å². The number of carbonyl (C=O) groups excluding carboxylic acids is 2. The van der Waals surface area contributed by atoms with Crippen LogP contribution in [-0.4, -0.2) is 48.4 Å². The lowest BCUT2D eigenvalue weighted by molar-refractivity contribution is -0.131. The Labute approximate surface area is 117 Å². The number of fused-ring (bicyclic) bond motifs is 1. The predicted molar refractivity (Wildman–Crippen MR) is 75.5 cm³/mol. The van der Waals surface area contributed by atoms with Gasteiger partial charge in [-0.15, -0.1) is 0 Å². The van der Waals surface area contributed by atoms with Crippen LogP contribution in [-0.2, 0) is 9.59 Å². The zero-order valence-electron chi connectivity index (χ0n) is 11.1. The van der Waals surface area contributed by atoms with Crippen molar-refractivity contribution in [3.63, 3.8) is 0 Å². The van der Waals surface area contributed by atoms with Gasteiger partial charge in [0.1, 0.15) is 5.84 Å². The van der Waals surface area contributed by atoms with Crippen LogP contribution in [0.25, 0.3) is 0 Å². The molecule has 0 aromatic carbocycles. The summed E-state index contributed by atoms with van der Waals surface area (Å²) in [5, 5.41) is 2.69. The molecule has 1 atom stereocenters. The molecular formula is C14H16N4O2. The Bertz CT molecular complexity index is 554. The van der Waals surface area contributed by atoms with Crippen LogP contribution in [0.2, 0.25) is 0 Å². The largest absolute Gasteiger partial charge is 0.343 e. The fraction of sp³-hybridized carbons (Fsp3) is 0.429. The number of allylic oxidation sites excluding steroid dienone is 1. The molecule has 0 saturated carbocycles. The Morgan fingerprint density at radius 2 is 2.15 bits per heavy atom. The molecule has 1 saturated heterocycles. The van der Waals surface area contributed by atoms with Gasteiger partial charge in [0.05, 0.1) is 12.5 Å². The molecule has 20 heavy (non-hydrogen) atoms. The molecule has 0 bridgehead atoms. The number of aliphatic imine (C=N–C) groups is 2. The molecule has 0 aromatic heterocycles. The van der Waals surface area contributed by atoms with E-state index in [9.17, 15) is 9.59 Å². The van der Waals surface area contributed by atoms with E-state index in [1.165, 1.54) is 0 Å². The summed E-state index contributed by atoms with van der Waals surface area (Å²) >= 11 is 0. The summed E-state index contributed by atoms with van der Waals surface area (Å²) in [6.07, 6.45) is 8.83. The Kier molecular flexibility index (Phi) is 3.45. The molecule has 6 heteroatoms. The third kappa shape index (κ3) is 2.41. The second-order valence-electron chi connectivity index (χ2n) is 4.98. The maximum Gasteiger partial charge on any atom is 0.248 e. The Balaban J connectivity index is 1.58. The van der Waals surface area contributed by atoms with E-state index < -0.39 is 0 Å². The van der Waals surface area contributed by atoms with Gasteiger partial charge in [-0.3, -0.25) is 9.59 Å². The van der Waals surface area contributed by atoms with Gasteiger partial charge in [0, 0.05) is 31.1 Å². The van der Waals surface area contributed by atoms with Gasteiger partial charge in [0.15, 0.2) is 0 Å². The highest BCUT2D eigenvalue weighted by Gasteiger charge is 2.28. The highest BCUT2D eigenvalue weighted by molar-refractivity contribution is 6.11. The molecule has 3 aliphatic heterocycles. The van der Waals surface area contributed by atoms with Crippen molar-refractivity contribution in [3.8, 4) is 0 Å². The van der Waals surface area contributed by atoms with Crippen LogP contribution >= 0.6 is 0 Å². The molecule has 0 aliphatic carbocycles. The van der Waals surface area contributed by atoms with Crippen LogP contribution in [0.5, 0.6) is 0 Å². The number of nitrogens with zero attached hydrogens (tertiary/aromatic N) is 3. The van der Waals surface area contributed by atoms with E-state index >= 15 is 0 Å². The molecule has 2 amide bonds. The summed E-state index contributed by atoms with van der Waals surface area (Å²) < 4.78 is 0. The number of carbonyl (C=O) groups is 2. The van der Waals surface area contributed by atoms with Gasteiger partial charge < -0.3 is 10.2 Å². The average molecular weight is 272 g/mol. The second-order valence-corrected chi connectivity index (χ2v) is 4.98. The number of rotatable bonds is 3. The van der Waals surface area contributed by atoms with Crippen LogP contribution in [0.3, 0.4) is 0 Å². The van der Waals surface area contributed by atoms with Gasteiger partial charge in [-0.25, -0.2) is 9.98 Å². The molecule has 3 rings (SSSR count). The fourth-order valence-electron chi connectivity index (χ4n) is 2.58. The van der Waals surface area contributed by atoms with E-state index in [1.807, 2.05) is 6.08 Å². The van der Waals surface area contributed by atoms with Crippen molar-refractivity contribution >= 4 is 23.9 Å². The first-order valence-corrected chi connectivity index (χ1v) is 6.80. The lowest BCUT2D eigenvalue weighted by Crippen LogP contribution is -2.40. The van der Waals surface area contributed by atoms with Gasteiger partial charge in [0.25, 0.3) is 0 Å². The smallest absolute Gasteiger partial charge is 0.248 e. The molecule has 3 aliphatic rings. The van der Waals surface area contributed by atoms with Crippen molar-refractivity contribution in [2.45, 2.75) is 12.8 Å². The molecule has 0 radical (unpaired) electrons. The highest BCUT2D eigenvalue weighted by Crippen LogP contribution is 2.23. The van der Waals surface area contributed by atoms with Crippen LogP contribution in [0, 0.1) is 5.92 Å². The second kappa shape index (κ2) is 5.40. The summed E-state index contributed by atoms with van der Waals surface area (Å²) in [5.74, 6) is 0.204. The number of amidine groups is 1. The summed E-state index contributed by atoms with van der Waals surface area (Å²) in [5.41, 5.74) is 0.585. The van der Waals surface area contributed by atoms with Crippen molar-refractivity contribution in [1.29, 1.82) is 0 Å². The van der Waals surface area contributed by atoms with Gasteiger partial charge in [0.2, 0.25) is 11.8 Å². The molecule has 104 valence electrons. The van der Waals surface area contributed by atoms with E-state index in [-0.39, 0.29) is 24.3 Å². The van der Waals surface area contributed by atoms with Crippen molar-refractivity contribution < 1.29 is 9.59 Å². The number of amides is 2. The molecule has 1 unspecified atom stereocenters.